The van der Waals surface area contributed by atoms with E-state index in [4.69, 9.17) is 5.73 Å². The Morgan fingerprint density at radius 1 is 1.25 bits per heavy atom. The van der Waals surface area contributed by atoms with Crippen LogP contribution in [0.15, 0.2) is 23.1 Å². The molecular weight excluding hydrogens is 402 g/mol. The van der Waals surface area contributed by atoms with Crippen LogP contribution in [0.25, 0.3) is 0 Å². The number of nitrogens with one attached hydrogen (secondary N) is 1. The topological polar surface area (TPSA) is 110 Å². The van der Waals surface area contributed by atoms with Crippen LogP contribution in [-0.4, -0.2) is 43.2 Å². The maximum Gasteiger partial charge on any atom is 0.269 e. The number of amides is 2. The maximum atomic E-state index is 12.7. The number of hydrogen-bond acceptors (Lipinski definition) is 5. The highest BCUT2D eigenvalue weighted by Gasteiger charge is 2.43. The van der Waals surface area contributed by atoms with Crippen molar-refractivity contribution in [2.75, 3.05) is 6.54 Å². The summed E-state index contributed by atoms with van der Waals surface area (Å²) >= 11 is 0. The van der Waals surface area contributed by atoms with Crippen molar-refractivity contribution in [1.29, 1.82) is 0 Å². The third kappa shape index (κ3) is 4.04. The Balaban J connectivity index is 0.00000280. The number of hydrogen-bond donors (Lipinski definition) is 2. The number of benzene rings is 1. The number of sulfonamides is 1. The van der Waals surface area contributed by atoms with E-state index in [0.29, 0.717) is 12.5 Å². The van der Waals surface area contributed by atoms with E-state index in [1.165, 1.54) is 24.6 Å². The van der Waals surface area contributed by atoms with E-state index in [1.54, 1.807) is 13.8 Å². The molecule has 2 amide bonds. The molecule has 1 aromatic carbocycles. The van der Waals surface area contributed by atoms with Crippen LogP contribution in [0.3, 0.4) is 0 Å². The lowest BCUT2D eigenvalue weighted by molar-refractivity contribution is 0.0844. The quantitative estimate of drug-likeness (QED) is 0.746. The summed E-state index contributed by atoms with van der Waals surface area (Å²) in [6.07, 6.45) is 5.57. The van der Waals surface area contributed by atoms with Gasteiger partial charge >= 0.3 is 0 Å². The minimum atomic E-state index is -3.93. The maximum absolute atomic E-state index is 12.7. The Morgan fingerprint density at radius 3 is 2.46 bits per heavy atom. The average Bonchev–Trinajstić information content (AvgIpc) is 2.85. The molecule has 1 unspecified atom stereocenters. The van der Waals surface area contributed by atoms with E-state index < -0.39 is 22.0 Å². The predicted octanol–water partition coefficient (Wildman–Crippen LogP) is 2.30. The number of rotatable bonds is 5. The lowest BCUT2D eigenvalue weighted by Gasteiger charge is -2.30. The molecule has 0 aromatic heterocycles. The summed E-state index contributed by atoms with van der Waals surface area (Å²) in [6.45, 7) is 3.63. The fraction of sp³-hybridized carbons (Fsp3) is 0.579. The summed E-state index contributed by atoms with van der Waals surface area (Å²) in [7, 11) is -3.93. The number of carbonyl (C=O) groups excluding carboxylic acids is 2. The minimum Gasteiger partial charge on any atom is -0.348 e. The van der Waals surface area contributed by atoms with Gasteiger partial charge in [-0.25, -0.2) is 12.7 Å². The second kappa shape index (κ2) is 8.80. The minimum absolute atomic E-state index is 0. The predicted molar refractivity (Wildman–Crippen MR) is 109 cm³/mol. The number of halogens is 1. The molecule has 1 aliphatic carbocycles. The van der Waals surface area contributed by atoms with Gasteiger partial charge in [-0.2, -0.15) is 0 Å². The molecule has 0 bridgehead atoms. The molecule has 1 aliphatic heterocycles. The van der Waals surface area contributed by atoms with E-state index in [0.717, 1.165) is 30.0 Å². The van der Waals surface area contributed by atoms with E-state index >= 15 is 0 Å². The molecule has 1 heterocycles. The zero-order valence-corrected chi connectivity index (χ0v) is 17.8. The molecule has 9 heteroatoms. The SMILES string of the molecule is CC(C)N1C(=O)c2ccc(C(=O)NC(CN)C3CCCCC3)cc2S1(=O)=O.Cl. The normalized spacial score (nSPS) is 19.9. The molecule has 1 atom stereocenters. The van der Waals surface area contributed by atoms with Crippen LogP contribution in [0.2, 0.25) is 0 Å². The van der Waals surface area contributed by atoms with Gasteiger partial charge in [0.05, 0.1) is 5.56 Å². The Bertz CT molecular complexity index is 851. The fourth-order valence-electron chi connectivity index (χ4n) is 4.06. The van der Waals surface area contributed by atoms with Gasteiger partial charge in [-0.05, 0) is 50.8 Å². The van der Waals surface area contributed by atoms with Crippen LogP contribution in [-0.2, 0) is 10.0 Å². The molecule has 156 valence electrons. The largest absolute Gasteiger partial charge is 0.348 e. The van der Waals surface area contributed by atoms with Crippen molar-refractivity contribution in [2.45, 2.75) is 62.9 Å². The number of nitrogens with zero attached hydrogens (tertiary/aromatic N) is 1. The molecule has 2 aliphatic rings. The van der Waals surface area contributed by atoms with Gasteiger partial charge in [0, 0.05) is 24.2 Å². The van der Waals surface area contributed by atoms with Crippen molar-refractivity contribution in [1.82, 2.24) is 9.62 Å². The number of carbonyl (C=O) groups is 2. The molecule has 7 nitrogen and oxygen atoms in total. The highest BCUT2D eigenvalue weighted by molar-refractivity contribution is 7.90. The molecular formula is C19H28ClN3O4S. The Hall–Kier alpha value is -1.64. The summed E-state index contributed by atoms with van der Waals surface area (Å²) in [5.74, 6) is -0.553. The lowest BCUT2D eigenvalue weighted by Crippen LogP contribution is -2.45. The van der Waals surface area contributed by atoms with Crippen molar-refractivity contribution in [2.24, 2.45) is 11.7 Å². The highest BCUT2D eigenvalue weighted by atomic mass is 35.5. The first-order valence-electron chi connectivity index (χ1n) is 9.51. The Labute approximate surface area is 172 Å². The van der Waals surface area contributed by atoms with Gasteiger partial charge in [-0.3, -0.25) is 9.59 Å². The van der Waals surface area contributed by atoms with E-state index in [2.05, 4.69) is 5.32 Å². The summed E-state index contributed by atoms with van der Waals surface area (Å²) in [5.41, 5.74) is 6.21. The first-order valence-corrected chi connectivity index (χ1v) is 10.9. The summed E-state index contributed by atoms with van der Waals surface area (Å²) in [6, 6.07) is 3.61. The standard InChI is InChI=1S/C19H27N3O4S.ClH/c1-12(2)22-19(24)15-9-8-14(10-17(15)27(22,25)26)18(23)21-16(11-20)13-6-4-3-5-7-13;/h8-10,12-13,16H,3-7,11,20H2,1-2H3,(H,21,23);1H. The monoisotopic (exact) mass is 429 g/mol. The fourth-order valence-corrected chi connectivity index (χ4v) is 5.85. The van der Waals surface area contributed by atoms with E-state index in [-0.39, 0.29) is 40.4 Å². The molecule has 1 saturated carbocycles. The van der Waals surface area contributed by atoms with Gasteiger partial charge < -0.3 is 11.1 Å². The third-order valence-corrected chi connectivity index (χ3v) is 7.47. The molecule has 1 fully saturated rings. The first kappa shape index (κ1) is 22.6. The van der Waals surface area contributed by atoms with Crippen molar-refractivity contribution in [3.63, 3.8) is 0 Å². The van der Waals surface area contributed by atoms with Crippen LogP contribution in [0.5, 0.6) is 0 Å². The van der Waals surface area contributed by atoms with Crippen molar-refractivity contribution >= 4 is 34.2 Å². The zero-order valence-electron chi connectivity index (χ0n) is 16.2. The van der Waals surface area contributed by atoms with Gasteiger partial charge in [-0.15, -0.1) is 12.4 Å². The molecule has 0 radical (unpaired) electrons. The summed E-state index contributed by atoms with van der Waals surface area (Å²) in [5, 5.41) is 2.96. The second-order valence-corrected chi connectivity index (χ2v) is 9.41. The van der Waals surface area contributed by atoms with Crippen molar-refractivity contribution < 1.29 is 18.0 Å². The summed E-state index contributed by atoms with van der Waals surface area (Å²) < 4.78 is 26.2. The Morgan fingerprint density at radius 2 is 1.89 bits per heavy atom. The molecule has 3 N–H and O–H groups in total. The average molecular weight is 430 g/mol. The van der Waals surface area contributed by atoms with Gasteiger partial charge in [0.1, 0.15) is 4.90 Å². The van der Waals surface area contributed by atoms with Gasteiger partial charge in [0.25, 0.3) is 21.8 Å². The van der Waals surface area contributed by atoms with E-state index in [9.17, 15) is 18.0 Å². The van der Waals surface area contributed by atoms with Crippen molar-refractivity contribution in [3.05, 3.63) is 29.3 Å². The molecule has 28 heavy (non-hydrogen) atoms. The third-order valence-electron chi connectivity index (χ3n) is 5.47. The molecule has 1 aromatic rings. The van der Waals surface area contributed by atoms with Gasteiger partial charge in [0.2, 0.25) is 0 Å². The van der Waals surface area contributed by atoms with Crippen LogP contribution in [0.4, 0.5) is 0 Å². The lowest BCUT2D eigenvalue weighted by atomic mass is 9.84. The van der Waals surface area contributed by atoms with Crippen LogP contribution in [0.1, 0.15) is 66.7 Å². The van der Waals surface area contributed by atoms with Crippen LogP contribution >= 0.6 is 12.4 Å². The molecule has 0 saturated heterocycles. The second-order valence-electron chi connectivity index (χ2n) is 7.62. The molecule has 0 spiro atoms. The van der Waals surface area contributed by atoms with Gasteiger partial charge in [-0.1, -0.05) is 19.3 Å². The van der Waals surface area contributed by atoms with Crippen LogP contribution in [0, 0.1) is 5.92 Å². The van der Waals surface area contributed by atoms with E-state index in [1.807, 2.05) is 0 Å². The van der Waals surface area contributed by atoms with Crippen LogP contribution < -0.4 is 11.1 Å². The summed E-state index contributed by atoms with van der Waals surface area (Å²) in [4.78, 5) is 25.0. The number of nitrogens with two attached hydrogens (primary N) is 1. The Kier molecular flexibility index (Phi) is 7.12. The smallest absolute Gasteiger partial charge is 0.269 e. The number of fused-ring (bicyclic) bond motifs is 1. The molecule has 3 rings (SSSR count). The first-order chi connectivity index (χ1) is 12.8. The van der Waals surface area contributed by atoms with Crippen molar-refractivity contribution in [3.8, 4) is 0 Å². The highest BCUT2D eigenvalue weighted by Crippen LogP contribution is 2.33. The van der Waals surface area contributed by atoms with Gasteiger partial charge in [0.15, 0.2) is 0 Å². The zero-order chi connectivity index (χ0) is 19.8.